The van der Waals surface area contributed by atoms with Crippen LogP contribution in [0.2, 0.25) is 0 Å². The van der Waals surface area contributed by atoms with Crippen LogP contribution >= 0.6 is 0 Å². The van der Waals surface area contributed by atoms with E-state index in [-0.39, 0.29) is 69.3 Å². The van der Waals surface area contributed by atoms with Gasteiger partial charge in [0.15, 0.2) is 0 Å². The summed E-state index contributed by atoms with van der Waals surface area (Å²) in [6, 6.07) is 7.40. The fourth-order valence-electron chi connectivity index (χ4n) is 1.74. The molecule has 0 N–H and O–H groups in total. The largest absolute Gasteiger partial charge is 1.00 e. The molecule has 8 heteroatoms. The second-order valence-corrected chi connectivity index (χ2v) is 4.18. The van der Waals surface area contributed by atoms with Crippen LogP contribution in [0.5, 0.6) is 5.75 Å². The molecule has 0 aromatic heterocycles. The molecule has 0 heterocycles. The Bertz CT molecular complexity index is 598. The number of hydrogen-bond donors (Lipinski definition) is 0. The standard InChI is InChI=1S/C13H9BF5O.K/c15-10-5-9(6-11(16)7-10)8-20-13-4-2-1-3-12(13)14(17,18)19;/h1-7H,8H2;/q-1;+1. The number of benzene rings is 2. The van der Waals surface area contributed by atoms with Gasteiger partial charge in [-0.25, -0.2) is 8.78 Å². The molecule has 2 rings (SSSR count). The zero-order valence-electron chi connectivity index (χ0n) is 11.1. The van der Waals surface area contributed by atoms with E-state index in [2.05, 4.69) is 0 Å². The minimum Gasteiger partial charge on any atom is -0.492 e. The molecule has 0 atom stereocenters. The van der Waals surface area contributed by atoms with Gasteiger partial charge in [0.2, 0.25) is 0 Å². The molecule has 106 valence electrons. The third kappa shape index (κ3) is 5.37. The maximum Gasteiger partial charge on any atom is 1.00 e. The molecule has 0 unspecified atom stereocenters. The van der Waals surface area contributed by atoms with Crippen molar-refractivity contribution in [2.24, 2.45) is 0 Å². The van der Waals surface area contributed by atoms with Crippen molar-refractivity contribution in [2.75, 3.05) is 0 Å². The van der Waals surface area contributed by atoms with Gasteiger partial charge in [-0.05, 0) is 23.8 Å². The molecule has 0 spiro atoms. The fourth-order valence-corrected chi connectivity index (χ4v) is 1.74. The summed E-state index contributed by atoms with van der Waals surface area (Å²) in [5, 5.41) is 0. The maximum absolute atomic E-state index is 12.9. The predicted octanol–water partition coefficient (Wildman–Crippen LogP) is 0.602. The predicted molar refractivity (Wildman–Crippen MR) is 65.8 cm³/mol. The Morgan fingerprint density at radius 3 is 2.05 bits per heavy atom. The zero-order chi connectivity index (χ0) is 14.8. The van der Waals surface area contributed by atoms with Crippen LogP contribution in [0.1, 0.15) is 5.56 Å². The van der Waals surface area contributed by atoms with E-state index in [4.69, 9.17) is 4.74 Å². The Balaban J connectivity index is 0.00000220. The molecule has 0 aliphatic heterocycles. The van der Waals surface area contributed by atoms with Crippen molar-refractivity contribution >= 4 is 12.4 Å². The van der Waals surface area contributed by atoms with E-state index in [1.165, 1.54) is 18.2 Å². The molecule has 0 saturated heterocycles. The van der Waals surface area contributed by atoms with Crippen molar-refractivity contribution in [2.45, 2.75) is 6.61 Å². The smallest absolute Gasteiger partial charge is 0.492 e. The number of rotatable bonds is 4. The number of para-hydroxylation sites is 1. The SMILES string of the molecule is Fc1cc(F)cc(COc2ccccc2[B-](F)(F)F)c1.[K+]. The fraction of sp³-hybridized carbons (Fsp3) is 0.0769. The molecular formula is C13H9BF5KO. The summed E-state index contributed by atoms with van der Waals surface area (Å²) in [4.78, 5) is 0. The molecule has 2 aromatic carbocycles. The maximum atomic E-state index is 12.9. The summed E-state index contributed by atoms with van der Waals surface area (Å²) < 4.78 is 69.2. The van der Waals surface area contributed by atoms with Crippen LogP contribution in [0.25, 0.3) is 0 Å². The molecular weight excluding hydrogens is 317 g/mol. The van der Waals surface area contributed by atoms with Crippen molar-refractivity contribution in [3.63, 3.8) is 0 Å². The summed E-state index contributed by atoms with van der Waals surface area (Å²) in [5.74, 6) is -1.97. The van der Waals surface area contributed by atoms with E-state index in [0.29, 0.717) is 6.07 Å². The number of halogens is 5. The molecule has 1 nitrogen and oxygen atoms in total. The second-order valence-electron chi connectivity index (χ2n) is 4.18. The summed E-state index contributed by atoms with van der Waals surface area (Å²) in [7, 11) is 0. The third-order valence-corrected chi connectivity index (χ3v) is 2.59. The summed E-state index contributed by atoms with van der Waals surface area (Å²) in [5.41, 5.74) is -0.753. The molecule has 0 aliphatic carbocycles. The summed E-state index contributed by atoms with van der Waals surface area (Å²) >= 11 is 0. The van der Waals surface area contributed by atoms with E-state index in [9.17, 15) is 21.7 Å². The molecule has 0 fully saturated rings. The van der Waals surface area contributed by atoms with Crippen molar-refractivity contribution in [3.8, 4) is 5.75 Å². The average molecular weight is 326 g/mol. The van der Waals surface area contributed by atoms with Gasteiger partial charge < -0.3 is 17.7 Å². The minimum absolute atomic E-state index is 0. The first-order valence-corrected chi connectivity index (χ1v) is 5.73. The topological polar surface area (TPSA) is 9.23 Å². The normalized spacial score (nSPS) is 10.9. The van der Waals surface area contributed by atoms with E-state index in [0.717, 1.165) is 18.2 Å². The zero-order valence-corrected chi connectivity index (χ0v) is 14.2. The summed E-state index contributed by atoms with van der Waals surface area (Å²) in [6.07, 6.45) is 0. The Hall–Kier alpha value is -0.409. The molecule has 21 heavy (non-hydrogen) atoms. The molecule has 0 aliphatic rings. The Kier molecular flexibility index (Phi) is 6.86. The Labute approximate surface area is 161 Å². The van der Waals surface area contributed by atoms with E-state index < -0.39 is 24.1 Å². The second kappa shape index (κ2) is 7.73. The average Bonchev–Trinajstić information content (AvgIpc) is 2.34. The number of hydrogen-bond acceptors (Lipinski definition) is 1. The van der Waals surface area contributed by atoms with Crippen LogP contribution in [0.15, 0.2) is 42.5 Å². The quantitative estimate of drug-likeness (QED) is 0.591. The van der Waals surface area contributed by atoms with Crippen molar-refractivity contribution in [3.05, 3.63) is 59.7 Å². The van der Waals surface area contributed by atoms with Gasteiger partial charge in [0.05, 0.1) is 5.75 Å². The summed E-state index contributed by atoms with van der Waals surface area (Å²) in [6.45, 7) is -5.56. The van der Waals surface area contributed by atoms with Crippen LogP contribution in [-0.4, -0.2) is 6.98 Å². The Morgan fingerprint density at radius 1 is 0.905 bits per heavy atom. The van der Waals surface area contributed by atoms with Crippen molar-refractivity contribution < 1.29 is 77.8 Å². The molecule has 0 saturated carbocycles. The first-order chi connectivity index (χ1) is 9.36. The molecule has 2 aromatic rings. The van der Waals surface area contributed by atoms with E-state index in [1.807, 2.05) is 0 Å². The van der Waals surface area contributed by atoms with Gasteiger partial charge in [0.25, 0.3) is 0 Å². The van der Waals surface area contributed by atoms with Crippen LogP contribution in [0, 0.1) is 11.6 Å². The van der Waals surface area contributed by atoms with Gasteiger partial charge in [0.1, 0.15) is 18.2 Å². The van der Waals surface area contributed by atoms with E-state index >= 15 is 0 Å². The van der Waals surface area contributed by atoms with Crippen molar-refractivity contribution in [1.29, 1.82) is 0 Å². The van der Waals surface area contributed by atoms with Gasteiger partial charge >= 0.3 is 58.4 Å². The molecule has 0 amide bonds. The van der Waals surface area contributed by atoms with E-state index in [1.54, 1.807) is 0 Å². The molecule has 0 bridgehead atoms. The van der Waals surface area contributed by atoms with Gasteiger partial charge in [-0.3, -0.25) is 0 Å². The first kappa shape index (κ1) is 18.6. The first-order valence-electron chi connectivity index (χ1n) is 5.73. The number of ether oxygens (including phenoxy) is 1. The van der Waals surface area contributed by atoms with Crippen LogP contribution in [0.4, 0.5) is 21.7 Å². The van der Waals surface area contributed by atoms with Gasteiger partial charge in [-0.1, -0.05) is 23.7 Å². The Morgan fingerprint density at radius 2 is 1.48 bits per heavy atom. The van der Waals surface area contributed by atoms with Gasteiger partial charge in [-0.2, -0.15) is 0 Å². The van der Waals surface area contributed by atoms with Gasteiger partial charge in [-0.15, -0.1) is 0 Å². The van der Waals surface area contributed by atoms with Gasteiger partial charge in [0, 0.05) is 6.07 Å². The van der Waals surface area contributed by atoms with Crippen LogP contribution in [-0.2, 0) is 6.61 Å². The third-order valence-electron chi connectivity index (χ3n) is 2.59. The minimum atomic E-state index is -5.21. The monoisotopic (exact) mass is 326 g/mol. The molecule has 0 radical (unpaired) electrons. The van der Waals surface area contributed by atoms with Crippen LogP contribution < -0.4 is 61.6 Å². The van der Waals surface area contributed by atoms with Crippen molar-refractivity contribution in [1.82, 2.24) is 0 Å². The van der Waals surface area contributed by atoms with Crippen LogP contribution in [0.3, 0.4) is 0 Å².